The first-order valence-electron chi connectivity index (χ1n) is 6.75. The fourth-order valence-electron chi connectivity index (χ4n) is 2.41. The molecule has 2 heterocycles. The van der Waals surface area contributed by atoms with Gasteiger partial charge in [0.15, 0.2) is 0 Å². The molecule has 1 N–H and O–H groups in total. The molecule has 2 aromatic heterocycles. The van der Waals surface area contributed by atoms with Crippen molar-refractivity contribution < 1.29 is 8.78 Å². The monoisotopic (exact) mass is 287 g/mol. The molecule has 0 radical (unpaired) electrons. The Morgan fingerprint density at radius 3 is 2.67 bits per heavy atom. The van der Waals surface area contributed by atoms with E-state index in [9.17, 15) is 8.78 Å². The van der Waals surface area contributed by atoms with Crippen molar-refractivity contribution in [3.8, 4) is 0 Å². The molecule has 0 bridgehead atoms. The number of nitrogens with zero attached hydrogens (tertiary/aromatic N) is 2. The molecule has 0 aliphatic heterocycles. The number of halogens is 2. The fourth-order valence-corrected chi connectivity index (χ4v) is 2.41. The van der Waals surface area contributed by atoms with E-state index in [-0.39, 0.29) is 5.56 Å². The highest BCUT2D eigenvalue weighted by Crippen LogP contribution is 2.21. The third-order valence-electron chi connectivity index (χ3n) is 3.54. The van der Waals surface area contributed by atoms with Crippen molar-refractivity contribution >= 4 is 5.52 Å². The summed E-state index contributed by atoms with van der Waals surface area (Å²) < 4.78 is 29.2. The van der Waals surface area contributed by atoms with Gasteiger partial charge in [-0.25, -0.2) is 13.3 Å². The molecule has 3 nitrogen and oxygen atoms in total. The molecule has 0 spiro atoms. The van der Waals surface area contributed by atoms with Gasteiger partial charge >= 0.3 is 0 Å². The number of fused-ring (bicyclic) bond motifs is 1. The Hall–Kier alpha value is -2.27. The Morgan fingerprint density at radius 2 is 1.90 bits per heavy atom. The lowest BCUT2D eigenvalue weighted by molar-refractivity contribution is 0.488. The van der Waals surface area contributed by atoms with Gasteiger partial charge in [-0.15, -0.1) is 0 Å². The summed E-state index contributed by atoms with van der Waals surface area (Å²) in [5.74, 6) is -1.07. The topological polar surface area (TPSA) is 29.3 Å². The lowest BCUT2D eigenvalue weighted by atomic mass is 10.1. The van der Waals surface area contributed by atoms with Gasteiger partial charge in [-0.05, 0) is 31.2 Å². The zero-order valence-electron chi connectivity index (χ0n) is 11.6. The number of pyridine rings is 1. The quantitative estimate of drug-likeness (QED) is 0.796. The summed E-state index contributed by atoms with van der Waals surface area (Å²) in [6.07, 6.45) is 3.62. The van der Waals surface area contributed by atoms with E-state index in [1.807, 2.05) is 24.4 Å². The number of nitrogens with one attached hydrogen (secondary N) is 1. The van der Waals surface area contributed by atoms with Crippen molar-refractivity contribution in [3.63, 3.8) is 0 Å². The van der Waals surface area contributed by atoms with Gasteiger partial charge in [0.1, 0.15) is 11.6 Å². The maximum Gasteiger partial charge on any atom is 0.130 e. The summed E-state index contributed by atoms with van der Waals surface area (Å²) in [6.45, 7) is 2.23. The van der Waals surface area contributed by atoms with Gasteiger partial charge in [-0.3, -0.25) is 0 Å². The summed E-state index contributed by atoms with van der Waals surface area (Å²) >= 11 is 0. The number of rotatable bonds is 4. The minimum Gasteiger partial charge on any atom is -0.306 e. The summed E-state index contributed by atoms with van der Waals surface area (Å²) in [5, 5.41) is 7.37. The van der Waals surface area contributed by atoms with Crippen LogP contribution in [0, 0.1) is 11.6 Å². The summed E-state index contributed by atoms with van der Waals surface area (Å²) in [5.41, 5.74) is 2.03. The van der Waals surface area contributed by atoms with Crippen LogP contribution in [-0.4, -0.2) is 9.61 Å². The highest BCUT2D eigenvalue weighted by molar-refractivity contribution is 5.53. The second-order valence-corrected chi connectivity index (χ2v) is 4.94. The van der Waals surface area contributed by atoms with Crippen LogP contribution >= 0.6 is 0 Å². The number of hydrogen-bond donors (Lipinski definition) is 1. The maximum atomic E-state index is 13.7. The first-order chi connectivity index (χ1) is 10.2. The van der Waals surface area contributed by atoms with Crippen LogP contribution in [0.3, 0.4) is 0 Å². The molecule has 0 aliphatic carbocycles. The SMILES string of the molecule is CC(NCc1cnn2ccccc12)c1c(F)cccc1F. The van der Waals surface area contributed by atoms with Gasteiger partial charge in [0.25, 0.3) is 0 Å². The lowest BCUT2D eigenvalue weighted by Crippen LogP contribution is -2.20. The number of aromatic nitrogens is 2. The van der Waals surface area contributed by atoms with Crippen LogP contribution in [-0.2, 0) is 6.54 Å². The molecule has 3 aromatic rings. The molecular formula is C16H15F2N3. The minimum atomic E-state index is -0.533. The van der Waals surface area contributed by atoms with Crippen LogP contribution in [0.1, 0.15) is 24.1 Å². The van der Waals surface area contributed by atoms with Crippen molar-refractivity contribution in [3.05, 3.63) is 71.6 Å². The van der Waals surface area contributed by atoms with Crippen molar-refractivity contribution in [1.82, 2.24) is 14.9 Å². The Labute approximate surface area is 121 Å². The first-order valence-corrected chi connectivity index (χ1v) is 6.75. The molecular weight excluding hydrogens is 272 g/mol. The van der Waals surface area contributed by atoms with Crippen LogP contribution in [0.2, 0.25) is 0 Å². The van der Waals surface area contributed by atoms with Crippen LogP contribution in [0.4, 0.5) is 8.78 Å². The van der Waals surface area contributed by atoms with E-state index in [0.29, 0.717) is 6.54 Å². The predicted molar refractivity (Wildman–Crippen MR) is 76.8 cm³/mol. The van der Waals surface area contributed by atoms with Crippen LogP contribution in [0.25, 0.3) is 5.52 Å². The van der Waals surface area contributed by atoms with E-state index < -0.39 is 17.7 Å². The van der Waals surface area contributed by atoms with E-state index in [2.05, 4.69) is 10.4 Å². The zero-order valence-corrected chi connectivity index (χ0v) is 11.6. The van der Waals surface area contributed by atoms with E-state index in [0.717, 1.165) is 11.1 Å². The Bertz CT molecular complexity index is 747. The minimum absolute atomic E-state index is 0.0639. The van der Waals surface area contributed by atoms with Crippen molar-refractivity contribution in [1.29, 1.82) is 0 Å². The second kappa shape index (κ2) is 5.61. The fraction of sp³-hybridized carbons (Fsp3) is 0.188. The van der Waals surface area contributed by atoms with Gasteiger partial charge < -0.3 is 5.32 Å². The van der Waals surface area contributed by atoms with Gasteiger partial charge in [0.2, 0.25) is 0 Å². The van der Waals surface area contributed by atoms with E-state index in [4.69, 9.17) is 0 Å². The number of hydrogen-bond acceptors (Lipinski definition) is 2. The zero-order chi connectivity index (χ0) is 14.8. The second-order valence-electron chi connectivity index (χ2n) is 4.94. The molecule has 0 amide bonds. The van der Waals surface area contributed by atoms with Gasteiger partial charge in [0.05, 0.1) is 11.7 Å². The summed E-state index contributed by atoms with van der Waals surface area (Å²) in [7, 11) is 0. The smallest absolute Gasteiger partial charge is 0.130 e. The average Bonchev–Trinajstić information content (AvgIpc) is 2.88. The summed E-state index contributed by atoms with van der Waals surface area (Å²) in [4.78, 5) is 0. The molecule has 21 heavy (non-hydrogen) atoms. The van der Waals surface area contributed by atoms with Crippen LogP contribution in [0.5, 0.6) is 0 Å². The van der Waals surface area contributed by atoms with Crippen molar-refractivity contribution in [2.75, 3.05) is 0 Å². The van der Waals surface area contributed by atoms with Crippen LogP contribution in [0.15, 0.2) is 48.8 Å². The molecule has 3 rings (SSSR count). The Kier molecular flexibility index (Phi) is 3.66. The molecule has 1 atom stereocenters. The molecule has 0 aliphatic rings. The molecule has 0 saturated carbocycles. The normalized spacial score (nSPS) is 12.7. The predicted octanol–water partition coefficient (Wildman–Crippen LogP) is 3.46. The van der Waals surface area contributed by atoms with Crippen molar-refractivity contribution in [2.24, 2.45) is 0 Å². The molecule has 0 saturated heterocycles. The molecule has 1 unspecified atom stereocenters. The van der Waals surface area contributed by atoms with E-state index in [1.165, 1.54) is 18.2 Å². The van der Waals surface area contributed by atoms with Gasteiger partial charge in [-0.1, -0.05) is 12.1 Å². The molecule has 108 valence electrons. The van der Waals surface area contributed by atoms with E-state index in [1.54, 1.807) is 17.6 Å². The molecule has 0 fully saturated rings. The van der Waals surface area contributed by atoms with Crippen molar-refractivity contribution in [2.45, 2.75) is 19.5 Å². The largest absolute Gasteiger partial charge is 0.306 e. The molecule has 5 heteroatoms. The Morgan fingerprint density at radius 1 is 1.14 bits per heavy atom. The van der Waals surface area contributed by atoms with Gasteiger partial charge in [0, 0.05) is 29.9 Å². The lowest BCUT2D eigenvalue weighted by Gasteiger charge is -2.15. The highest BCUT2D eigenvalue weighted by Gasteiger charge is 2.16. The van der Waals surface area contributed by atoms with Gasteiger partial charge in [-0.2, -0.15) is 5.10 Å². The third-order valence-corrected chi connectivity index (χ3v) is 3.54. The third kappa shape index (κ3) is 2.64. The average molecular weight is 287 g/mol. The highest BCUT2D eigenvalue weighted by atomic mass is 19.1. The molecule has 1 aromatic carbocycles. The maximum absolute atomic E-state index is 13.7. The summed E-state index contributed by atoms with van der Waals surface area (Å²) in [6, 6.07) is 9.27. The standard InChI is InChI=1S/C16H15F2N3/c1-11(16-13(17)5-4-6-14(16)18)19-9-12-10-20-21-8-3-2-7-15(12)21/h2-8,10-11,19H,9H2,1H3. The van der Waals surface area contributed by atoms with Crippen LogP contribution < -0.4 is 5.32 Å². The first kappa shape index (κ1) is 13.7. The van der Waals surface area contributed by atoms with E-state index >= 15 is 0 Å². The Balaban J connectivity index is 1.78. The number of benzene rings is 1.